The Morgan fingerprint density at radius 3 is 2.91 bits per heavy atom. The highest BCUT2D eigenvalue weighted by Gasteiger charge is 2.25. The van der Waals surface area contributed by atoms with Crippen molar-refractivity contribution in [1.29, 1.82) is 0 Å². The molecule has 1 fully saturated rings. The van der Waals surface area contributed by atoms with Crippen molar-refractivity contribution in [3.05, 3.63) is 29.3 Å². The SMILES string of the molecule is O=C1NCCN1c1ccc2c(c1)CCO[C@H]2CCCS(=O)(=O)O. The fourth-order valence-electron chi connectivity index (χ4n) is 3.10. The van der Waals surface area contributed by atoms with E-state index in [1.807, 2.05) is 18.2 Å². The number of fused-ring (bicyclic) bond motifs is 1. The van der Waals surface area contributed by atoms with Crippen LogP contribution in [-0.4, -0.2) is 44.5 Å². The lowest BCUT2D eigenvalue weighted by Gasteiger charge is -2.27. The molecule has 0 bridgehead atoms. The van der Waals surface area contributed by atoms with Gasteiger partial charge in [0.15, 0.2) is 0 Å². The third-order valence-corrected chi connectivity index (χ3v) is 5.01. The van der Waals surface area contributed by atoms with Gasteiger partial charge in [0.25, 0.3) is 10.1 Å². The lowest BCUT2D eigenvalue weighted by molar-refractivity contribution is 0.0362. The van der Waals surface area contributed by atoms with Crippen LogP contribution in [0.1, 0.15) is 30.1 Å². The number of benzene rings is 1. The molecule has 2 aliphatic rings. The normalized spacial score (nSPS) is 21.2. The van der Waals surface area contributed by atoms with Crippen molar-refractivity contribution < 1.29 is 22.5 Å². The number of nitrogens with one attached hydrogen (secondary N) is 1. The molecule has 0 radical (unpaired) electrons. The van der Waals surface area contributed by atoms with Crippen LogP contribution in [0, 0.1) is 0 Å². The molecule has 0 aromatic heterocycles. The van der Waals surface area contributed by atoms with Gasteiger partial charge >= 0.3 is 6.03 Å². The van der Waals surface area contributed by atoms with E-state index in [-0.39, 0.29) is 17.9 Å². The summed E-state index contributed by atoms with van der Waals surface area (Å²) >= 11 is 0. The second kappa shape index (κ2) is 6.46. The number of hydrogen-bond acceptors (Lipinski definition) is 4. The molecule has 0 unspecified atom stereocenters. The van der Waals surface area contributed by atoms with Gasteiger partial charge in [-0.25, -0.2) is 4.79 Å². The molecule has 2 aliphatic heterocycles. The van der Waals surface area contributed by atoms with E-state index in [1.54, 1.807) is 4.90 Å². The van der Waals surface area contributed by atoms with Gasteiger partial charge < -0.3 is 10.1 Å². The first-order valence-electron chi connectivity index (χ1n) is 7.69. The van der Waals surface area contributed by atoms with Crippen LogP contribution in [-0.2, 0) is 21.3 Å². The summed E-state index contributed by atoms with van der Waals surface area (Å²) < 4.78 is 36.2. The van der Waals surface area contributed by atoms with Crippen LogP contribution in [0.3, 0.4) is 0 Å². The summed E-state index contributed by atoms with van der Waals surface area (Å²) in [5.74, 6) is -0.256. The van der Waals surface area contributed by atoms with Gasteiger partial charge in [-0.15, -0.1) is 0 Å². The molecule has 126 valence electrons. The number of carbonyl (C=O) groups excluding carboxylic acids is 1. The van der Waals surface area contributed by atoms with Gasteiger partial charge in [0.2, 0.25) is 0 Å². The quantitative estimate of drug-likeness (QED) is 0.792. The summed E-state index contributed by atoms with van der Waals surface area (Å²) in [6, 6.07) is 5.78. The van der Waals surface area contributed by atoms with Crippen LogP contribution >= 0.6 is 0 Å². The lowest BCUT2D eigenvalue weighted by Crippen LogP contribution is -2.28. The first-order chi connectivity index (χ1) is 10.9. The average Bonchev–Trinajstić information content (AvgIpc) is 2.92. The number of amides is 2. The second-order valence-corrected chi connectivity index (χ2v) is 7.38. The van der Waals surface area contributed by atoms with E-state index in [2.05, 4.69) is 5.32 Å². The van der Waals surface area contributed by atoms with Crippen LogP contribution in [0.4, 0.5) is 10.5 Å². The third kappa shape index (κ3) is 3.82. The van der Waals surface area contributed by atoms with Crippen molar-refractivity contribution in [2.24, 2.45) is 0 Å². The minimum absolute atomic E-state index is 0.0817. The topological polar surface area (TPSA) is 95.9 Å². The molecular formula is C15H20N2O5S. The number of anilines is 1. The van der Waals surface area contributed by atoms with Gasteiger partial charge in [0, 0.05) is 18.8 Å². The van der Waals surface area contributed by atoms with E-state index >= 15 is 0 Å². The maximum Gasteiger partial charge on any atom is 0.321 e. The largest absolute Gasteiger partial charge is 0.373 e. The zero-order chi connectivity index (χ0) is 16.4. The molecule has 1 aromatic carbocycles. The monoisotopic (exact) mass is 340 g/mol. The molecule has 3 rings (SSSR count). The molecular weight excluding hydrogens is 320 g/mol. The van der Waals surface area contributed by atoms with Crippen molar-refractivity contribution in [3.63, 3.8) is 0 Å². The van der Waals surface area contributed by atoms with Gasteiger partial charge in [-0.1, -0.05) is 6.07 Å². The van der Waals surface area contributed by atoms with Gasteiger partial charge in [-0.05, 0) is 42.5 Å². The van der Waals surface area contributed by atoms with Crippen molar-refractivity contribution >= 4 is 21.8 Å². The second-order valence-electron chi connectivity index (χ2n) is 5.80. The van der Waals surface area contributed by atoms with Crippen LogP contribution in [0.2, 0.25) is 0 Å². The van der Waals surface area contributed by atoms with E-state index in [0.717, 1.165) is 23.2 Å². The Morgan fingerprint density at radius 1 is 1.39 bits per heavy atom. The Kier molecular flexibility index (Phi) is 4.56. The summed E-state index contributed by atoms with van der Waals surface area (Å²) in [6.07, 6.45) is 1.49. The van der Waals surface area contributed by atoms with E-state index < -0.39 is 10.1 Å². The molecule has 0 saturated carbocycles. The molecule has 1 aromatic rings. The summed E-state index contributed by atoms with van der Waals surface area (Å²) in [5.41, 5.74) is 3.04. The lowest BCUT2D eigenvalue weighted by atomic mass is 9.94. The van der Waals surface area contributed by atoms with Crippen molar-refractivity contribution in [2.75, 3.05) is 30.3 Å². The van der Waals surface area contributed by atoms with E-state index in [9.17, 15) is 13.2 Å². The Balaban J connectivity index is 1.73. The number of ether oxygens (including phenoxy) is 1. The molecule has 1 saturated heterocycles. The van der Waals surface area contributed by atoms with Gasteiger partial charge in [0.05, 0.1) is 18.5 Å². The summed E-state index contributed by atoms with van der Waals surface area (Å²) in [5, 5.41) is 2.78. The third-order valence-electron chi connectivity index (χ3n) is 4.20. The Labute approximate surface area is 135 Å². The molecule has 0 aliphatic carbocycles. The summed E-state index contributed by atoms with van der Waals surface area (Å²) in [6.45, 7) is 1.88. The maximum absolute atomic E-state index is 11.8. The Morgan fingerprint density at radius 2 is 2.22 bits per heavy atom. The molecule has 8 heteroatoms. The van der Waals surface area contributed by atoms with Crippen molar-refractivity contribution in [3.8, 4) is 0 Å². The van der Waals surface area contributed by atoms with Crippen LogP contribution in [0.15, 0.2) is 18.2 Å². The highest BCUT2D eigenvalue weighted by molar-refractivity contribution is 7.85. The van der Waals surface area contributed by atoms with Crippen LogP contribution in [0.5, 0.6) is 0 Å². The highest BCUT2D eigenvalue weighted by Crippen LogP contribution is 2.33. The van der Waals surface area contributed by atoms with Gasteiger partial charge in [0.1, 0.15) is 0 Å². The molecule has 1 atom stereocenters. The molecule has 2 N–H and O–H groups in total. The summed E-state index contributed by atoms with van der Waals surface area (Å²) in [4.78, 5) is 13.5. The molecule has 0 spiro atoms. The standard InChI is InChI=1S/C15H20N2O5S/c18-15-16-6-7-17(15)12-3-4-13-11(10-12)5-8-22-14(13)2-1-9-23(19,20)21/h3-4,10,14H,1-2,5-9H2,(H,16,18)(H,19,20,21)/t14-/m0/s1. The summed E-state index contributed by atoms with van der Waals surface area (Å²) in [7, 11) is -3.93. The fourth-order valence-corrected chi connectivity index (χ4v) is 3.63. The minimum atomic E-state index is -3.93. The predicted molar refractivity (Wildman–Crippen MR) is 85.2 cm³/mol. The molecule has 23 heavy (non-hydrogen) atoms. The number of carbonyl (C=O) groups is 1. The van der Waals surface area contributed by atoms with Crippen LogP contribution < -0.4 is 10.2 Å². The predicted octanol–water partition coefficient (Wildman–Crippen LogP) is 1.50. The number of nitrogens with zero attached hydrogens (tertiary/aromatic N) is 1. The molecule has 2 amide bonds. The first kappa shape index (κ1) is 16.2. The average molecular weight is 340 g/mol. The van der Waals surface area contributed by atoms with E-state index in [4.69, 9.17) is 9.29 Å². The van der Waals surface area contributed by atoms with E-state index in [1.165, 1.54) is 0 Å². The maximum atomic E-state index is 11.8. The van der Waals surface area contributed by atoms with Gasteiger partial charge in [-0.3, -0.25) is 9.45 Å². The molecule has 7 nitrogen and oxygen atoms in total. The van der Waals surface area contributed by atoms with E-state index in [0.29, 0.717) is 32.5 Å². The molecule has 2 heterocycles. The zero-order valence-corrected chi connectivity index (χ0v) is 13.5. The first-order valence-corrected chi connectivity index (χ1v) is 9.30. The Bertz CT molecular complexity index is 704. The number of hydrogen-bond donors (Lipinski definition) is 2. The number of rotatable bonds is 5. The van der Waals surface area contributed by atoms with Crippen molar-refractivity contribution in [2.45, 2.75) is 25.4 Å². The fraction of sp³-hybridized carbons (Fsp3) is 0.533. The minimum Gasteiger partial charge on any atom is -0.373 e. The van der Waals surface area contributed by atoms with Crippen molar-refractivity contribution in [1.82, 2.24) is 5.32 Å². The Hall–Kier alpha value is -1.64. The van der Waals surface area contributed by atoms with Crippen LogP contribution in [0.25, 0.3) is 0 Å². The highest BCUT2D eigenvalue weighted by atomic mass is 32.2. The zero-order valence-electron chi connectivity index (χ0n) is 12.7. The number of urea groups is 1. The smallest absolute Gasteiger partial charge is 0.321 e. The van der Waals surface area contributed by atoms with Gasteiger partial charge in [-0.2, -0.15) is 8.42 Å².